The van der Waals surface area contributed by atoms with Crippen molar-refractivity contribution in [2.24, 2.45) is 5.73 Å². The first kappa shape index (κ1) is 17.0. The van der Waals surface area contributed by atoms with Crippen LogP contribution in [0.4, 0.5) is 0 Å². The molecule has 116 valence electrons. The van der Waals surface area contributed by atoms with Crippen LogP contribution in [0, 0.1) is 0 Å². The van der Waals surface area contributed by atoms with E-state index < -0.39 is 23.8 Å². The zero-order chi connectivity index (χ0) is 16.2. The minimum absolute atomic E-state index is 0.00727. The standard InChI is InChI=1S/C13H18ClN3O4/c1-7(2)17-6-8(14)5-10(17)12(19)16-9(13(20)21)3-4-11(15)18/h5-7,9H,3-4H2,1-2H3,(H2,15,18)(H,16,19)(H,20,21)/t9-/m1/s1. The number of carbonyl (C=O) groups is 3. The van der Waals surface area contributed by atoms with Gasteiger partial charge in [-0.05, 0) is 26.3 Å². The van der Waals surface area contributed by atoms with Crippen molar-refractivity contribution in [3.8, 4) is 0 Å². The van der Waals surface area contributed by atoms with Crippen LogP contribution < -0.4 is 11.1 Å². The molecule has 1 atom stereocenters. The Bertz CT molecular complexity index is 554. The van der Waals surface area contributed by atoms with Gasteiger partial charge in [-0.15, -0.1) is 0 Å². The number of carbonyl (C=O) groups excluding carboxylic acids is 2. The Balaban J connectivity index is 2.87. The van der Waals surface area contributed by atoms with Crippen LogP contribution in [-0.2, 0) is 9.59 Å². The fourth-order valence-corrected chi connectivity index (χ4v) is 2.04. The topological polar surface area (TPSA) is 114 Å². The van der Waals surface area contributed by atoms with E-state index in [1.165, 1.54) is 6.07 Å². The van der Waals surface area contributed by atoms with Crippen LogP contribution in [0.5, 0.6) is 0 Å². The maximum atomic E-state index is 12.2. The summed E-state index contributed by atoms with van der Waals surface area (Å²) in [7, 11) is 0. The molecular weight excluding hydrogens is 298 g/mol. The summed E-state index contributed by atoms with van der Waals surface area (Å²) < 4.78 is 1.64. The number of primary amides is 1. The second-order valence-corrected chi connectivity index (χ2v) is 5.35. The first-order chi connectivity index (χ1) is 9.72. The highest BCUT2D eigenvalue weighted by Crippen LogP contribution is 2.19. The van der Waals surface area contributed by atoms with E-state index in [0.717, 1.165) is 0 Å². The molecule has 0 fully saturated rings. The lowest BCUT2D eigenvalue weighted by Gasteiger charge is -2.16. The molecule has 1 aromatic heterocycles. The highest BCUT2D eigenvalue weighted by atomic mass is 35.5. The molecule has 0 saturated heterocycles. The number of aromatic nitrogens is 1. The molecule has 0 aliphatic heterocycles. The second-order valence-electron chi connectivity index (χ2n) is 4.91. The molecule has 1 aromatic rings. The predicted molar refractivity (Wildman–Crippen MR) is 77.1 cm³/mol. The molecule has 0 spiro atoms. The number of amides is 2. The Labute approximate surface area is 127 Å². The van der Waals surface area contributed by atoms with Crippen LogP contribution in [-0.4, -0.2) is 33.5 Å². The minimum atomic E-state index is -1.22. The Morgan fingerprint density at radius 3 is 2.52 bits per heavy atom. The molecule has 0 aliphatic rings. The molecule has 1 heterocycles. The Morgan fingerprint density at radius 1 is 1.43 bits per heavy atom. The van der Waals surface area contributed by atoms with Gasteiger partial charge in [0.1, 0.15) is 11.7 Å². The van der Waals surface area contributed by atoms with E-state index in [2.05, 4.69) is 5.32 Å². The van der Waals surface area contributed by atoms with Gasteiger partial charge in [0, 0.05) is 18.7 Å². The van der Waals surface area contributed by atoms with Crippen molar-refractivity contribution in [2.45, 2.75) is 38.8 Å². The summed E-state index contributed by atoms with van der Waals surface area (Å²) in [6.07, 6.45) is 1.41. The van der Waals surface area contributed by atoms with Gasteiger partial charge in [0.05, 0.1) is 5.02 Å². The van der Waals surface area contributed by atoms with Crippen LogP contribution in [0.2, 0.25) is 5.02 Å². The number of nitrogens with zero attached hydrogens (tertiary/aromatic N) is 1. The van der Waals surface area contributed by atoms with E-state index >= 15 is 0 Å². The quantitative estimate of drug-likeness (QED) is 0.700. The molecule has 0 aromatic carbocycles. The lowest BCUT2D eigenvalue weighted by molar-refractivity contribution is -0.139. The zero-order valence-corrected chi connectivity index (χ0v) is 12.6. The summed E-state index contributed by atoms with van der Waals surface area (Å²) in [5.74, 6) is -2.41. The zero-order valence-electron chi connectivity index (χ0n) is 11.8. The van der Waals surface area contributed by atoms with Gasteiger partial charge in [-0.25, -0.2) is 4.79 Å². The second kappa shape index (κ2) is 7.12. The third kappa shape index (κ3) is 4.78. The van der Waals surface area contributed by atoms with E-state index in [4.69, 9.17) is 22.4 Å². The third-order valence-electron chi connectivity index (χ3n) is 2.89. The largest absolute Gasteiger partial charge is 0.480 e. The molecule has 0 bridgehead atoms. The van der Waals surface area contributed by atoms with Gasteiger partial charge in [-0.2, -0.15) is 0 Å². The number of hydrogen-bond donors (Lipinski definition) is 3. The molecule has 2 amide bonds. The molecule has 1 rings (SSSR count). The van der Waals surface area contributed by atoms with Gasteiger partial charge in [0.15, 0.2) is 0 Å². The van der Waals surface area contributed by atoms with E-state index in [9.17, 15) is 14.4 Å². The number of carboxylic acids is 1. The summed E-state index contributed by atoms with van der Waals surface area (Å²) >= 11 is 5.88. The van der Waals surface area contributed by atoms with E-state index in [1.807, 2.05) is 13.8 Å². The van der Waals surface area contributed by atoms with E-state index in [0.29, 0.717) is 5.02 Å². The van der Waals surface area contributed by atoms with Gasteiger partial charge in [0.25, 0.3) is 5.91 Å². The van der Waals surface area contributed by atoms with Crippen molar-refractivity contribution in [3.05, 3.63) is 23.0 Å². The van der Waals surface area contributed by atoms with Gasteiger partial charge in [-0.1, -0.05) is 11.6 Å². The number of halogens is 1. The number of hydrogen-bond acceptors (Lipinski definition) is 3. The minimum Gasteiger partial charge on any atom is -0.480 e. The highest BCUT2D eigenvalue weighted by molar-refractivity contribution is 6.31. The average molecular weight is 316 g/mol. The van der Waals surface area contributed by atoms with Crippen molar-refractivity contribution in [1.82, 2.24) is 9.88 Å². The molecule has 0 aliphatic carbocycles. The first-order valence-corrected chi connectivity index (χ1v) is 6.79. The molecule has 7 nitrogen and oxygen atoms in total. The van der Waals surface area contributed by atoms with E-state index in [-0.39, 0.29) is 24.6 Å². The SMILES string of the molecule is CC(C)n1cc(Cl)cc1C(=O)N[C@H](CCC(N)=O)C(=O)O. The third-order valence-corrected chi connectivity index (χ3v) is 3.09. The van der Waals surface area contributed by atoms with Crippen LogP contribution in [0.25, 0.3) is 0 Å². The first-order valence-electron chi connectivity index (χ1n) is 6.41. The van der Waals surface area contributed by atoms with Gasteiger partial charge >= 0.3 is 5.97 Å². The fourth-order valence-electron chi connectivity index (χ4n) is 1.83. The molecule has 4 N–H and O–H groups in total. The summed E-state index contributed by atoms with van der Waals surface area (Å²) in [6.45, 7) is 3.74. The van der Waals surface area contributed by atoms with Crippen LogP contribution in [0.15, 0.2) is 12.3 Å². The molecule has 8 heteroatoms. The van der Waals surface area contributed by atoms with Crippen molar-refractivity contribution in [3.63, 3.8) is 0 Å². The predicted octanol–water partition coefficient (Wildman–Crippen LogP) is 1.17. The fraction of sp³-hybridized carbons (Fsp3) is 0.462. The van der Waals surface area contributed by atoms with E-state index in [1.54, 1.807) is 10.8 Å². The van der Waals surface area contributed by atoms with Crippen molar-refractivity contribution >= 4 is 29.4 Å². The molecule has 0 radical (unpaired) electrons. The van der Waals surface area contributed by atoms with Crippen molar-refractivity contribution in [1.29, 1.82) is 0 Å². The Morgan fingerprint density at radius 2 is 2.05 bits per heavy atom. The maximum absolute atomic E-state index is 12.2. The number of nitrogens with one attached hydrogen (secondary N) is 1. The molecule has 21 heavy (non-hydrogen) atoms. The Kier molecular flexibility index (Phi) is 5.78. The smallest absolute Gasteiger partial charge is 0.326 e. The normalized spacial score (nSPS) is 12.2. The number of carboxylic acid groups (broad SMARTS) is 1. The van der Waals surface area contributed by atoms with Gasteiger partial charge in [-0.3, -0.25) is 9.59 Å². The Hall–Kier alpha value is -2.02. The van der Waals surface area contributed by atoms with Gasteiger partial charge < -0.3 is 20.7 Å². The summed E-state index contributed by atoms with van der Waals surface area (Å²) in [5.41, 5.74) is 5.25. The van der Waals surface area contributed by atoms with Crippen LogP contribution in [0.3, 0.4) is 0 Å². The highest BCUT2D eigenvalue weighted by Gasteiger charge is 2.23. The van der Waals surface area contributed by atoms with Crippen molar-refractivity contribution in [2.75, 3.05) is 0 Å². The summed E-state index contributed by atoms with van der Waals surface area (Å²) in [5, 5.41) is 11.8. The van der Waals surface area contributed by atoms with Crippen LogP contribution in [0.1, 0.15) is 43.2 Å². The average Bonchev–Trinajstić information content (AvgIpc) is 2.76. The molecule has 0 saturated carbocycles. The molecular formula is C13H18ClN3O4. The lowest BCUT2D eigenvalue weighted by Crippen LogP contribution is -2.42. The lowest BCUT2D eigenvalue weighted by atomic mass is 10.1. The number of nitrogens with two attached hydrogens (primary N) is 1. The number of aliphatic carboxylic acids is 1. The van der Waals surface area contributed by atoms with Crippen LogP contribution >= 0.6 is 11.6 Å². The summed E-state index contributed by atoms with van der Waals surface area (Å²) in [6, 6.07) is 0.274. The molecule has 0 unspecified atom stereocenters. The summed E-state index contributed by atoms with van der Waals surface area (Å²) in [4.78, 5) is 34.0. The maximum Gasteiger partial charge on any atom is 0.326 e. The monoisotopic (exact) mass is 315 g/mol. The van der Waals surface area contributed by atoms with Crippen molar-refractivity contribution < 1.29 is 19.5 Å². The number of rotatable bonds is 7. The van der Waals surface area contributed by atoms with Gasteiger partial charge in [0.2, 0.25) is 5.91 Å².